The summed E-state index contributed by atoms with van der Waals surface area (Å²) in [6, 6.07) is 0. The van der Waals surface area contributed by atoms with Crippen molar-refractivity contribution in [3.05, 3.63) is 17.4 Å². The quantitative estimate of drug-likeness (QED) is 0.593. The van der Waals surface area contributed by atoms with Gasteiger partial charge in [-0.1, -0.05) is 8.19 Å². The van der Waals surface area contributed by atoms with Crippen molar-refractivity contribution in [3.8, 4) is 0 Å². The van der Waals surface area contributed by atoms with E-state index < -0.39 is 0 Å². The first kappa shape index (κ1) is 4.58. The topological polar surface area (TPSA) is 15.8 Å². The molecular formula is C6H8NP. The molecule has 0 atom stereocenters. The Morgan fingerprint density at radius 1 is 1.62 bits per heavy atom. The van der Waals surface area contributed by atoms with E-state index >= 15 is 0 Å². The second-order valence-electron chi connectivity index (χ2n) is 2.25. The van der Waals surface area contributed by atoms with Gasteiger partial charge in [-0.15, -0.1) is 0 Å². The molecule has 1 N–H and O–H groups in total. The summed E-state index contributed by atoms with van der Waals surface area (Å²) in [5.41, 5.74) is 1.52. The van der Waals surface area contributed by atoms with E-state index in [9.17, 15) is 0 Å². The molecule has 0 bridgehead atoms. The van der Waals surface area contributed by atoms with Crippen LogP contribution in [0, 0.1) is 0 Å². The normalized spacial score (nSPS) is 20.0. The van der Waals surface area contributed by atoms with Crippen molar-refractivity contribution in [2.75, 3.05) is 0 Å². The molecule has 0 radical (unpaired) electrons. The molecule has 1 fully saturated rings. The van der Waals surface area contributed by atoms with E-state index in [2.05, 4.69) is 10.8 Å². The number of rotatable bonds is 1. The molecule has 1 aliphatic rings. The molecule has 1 nitrogen and oxygen atoms in total. The summed E-state index contributed by atoms with van der Waals surface area (Å²) < 4.78 is 0. The van der Waals surface area contributed by atoms with Crippen LogP contribution in [0.15, 0.2) is 12.0 Å². The summed E-state index contributed by atoms with van der Waals surface area (Å²) in [6.45, 7) is 0. The molecule has 1 aliphatic carbocycles. The highest BCUT2D eigenvalue weighted by Crippen LogP contribution is 2.42. The molecule has 0 unspecified atom stereocenters. The molecule has 8 heavy (non-hydrogen) atoms. The molecule has 1 heterocycles. The Bertz CT molecular complexity index is 165. The smallest absolute Gasteiger partial charge is 0.0455 e. The molecule has 2 heteroatoms. The van der Waals surface area contributed by atoms with Crippen LogP contribution < -0.4 is 0 Å². The zero-order valence-corrected chi connectivity index (χ0v) is 5.49. The van der Waals surface area contributed by atoms with Gasteiger partial charge in [0.25, 0.3) is 0 Å². The van der Waals surface area contributed by atoms with Gasteiger partial charge in [-0.05, 0) is 18.6 Å². The van der Waals surface area contributed by atoms with E-state index in [1.807, 2.05) is 6.20 Å². The Hall–Kier alpha value is -0.290. The lowest BCUT2D eigenvalue weighted by molar-refractivity contribution is 1.08. The molecular weight excluding hydrogens is 117 g/mol. The molecule has 0 saturated heterocycles. The van der Waals surface area contributed by atoms with Gasteiger partial charge >= 0.3 is 0 Å². The maximum Gasteiger partial charge on any atom is 0.0455 e. The predicted molar refractivity (Wildman–Crippen MR) is 35.3 cm³/mol. The lowest BCUT2D eigenvalue weighted by Gasteiger charge is -1.83. The molecule has 2 rings (SSSR count). The van der Waals surface area contributed by atoms with Gasteiger partial charge in [-0.3, -0.25) is 0 Å². The summed E-state index contributed by atoms with van der Waals surface area (Å²) >= 11 is 0. The third-order valence-electron chi connectivity index (χ3n) is 1.48. The van der Waals surface area contributed by atoms with Crippen molar-refractivity contribution >= 4 is 8.19 Å². The van der Waals surface area contributed by atoms with E-state index in [-0.39, 0.29) is 0 Å². The molecule has 0 spiro atoms. The van der Waals surface area contributed by atoms with Crippen molar-refractivity contribution in [2.24, 2.45) is 0 Å². The average molecular weight is 125 g/mol. The summed E-state index contributed by atoms with van der Waals surface area (Å²) in [6.07, 6.45) is 4.86. The zero-order chi connectivity index (χ0) is 5.40. The lowest BCUT2D eigenvalue weighted by Crippen LogP contribution is -1.69. The standard InChI is InChI=1S/C6H8NP/c1-2-5(1)6-7-3-4-8-6/h3-5,7H,1-2H2. The fourth-order valence-corrected chi connectivity index (χ4v) is 1.79. The van der Waals surface area contributed by atoms with Crippen LogP contribution in [0.5, 0.6) is 0 Å². The molecule has 1 saturated carbocycles. The Balaban J connectivity index is 2.28. The fraction of sp³-hybridized carbons (Fsp3) is 0.500. The first-order valence-corrected chi connectivity index (χ1v) is 3.92. The zero-order valence-electron chi connectivity index (χ0n) is 4.59. The number of aromatic amines is 1. The van der Waals surface area contributed by atoms with Gasteiger partial charge in [0, 0.05) is 17.5 Å². The van der Waals surface area contributed by atoms with Gasteiger partial charge in [0.15, 0.2) is 0 Å². The molecule has 0 amide bonds. The van der Waals surface area contributed by atoms with Crippen molar-refractivity contribution in [1.29, 1.82) is 0 Å². The Kier molecular flexibility index (Phi) is 0.913. The van der Waals surface area contributed by atoms with Gasteiger partial charge in [0.05, 0.1) is 0 Å². The Morgan fingerprint density at radius 2 is 2.50 bits per heavy atom. The number of hydrogen-bond donors (Lipinski definition) is 1. The first-order chi connectivity index (χ1) is 3.97. The Morgan fingerprint density at radius 3 is 3.00 bits per heavy atom. The summed E-state index contributed by atoms with van der Waals surface area (Å²) in [7, 11) is 1.40. The van der Waals surface area contributed by atoms with Gasteiger partial charge in [0.2, 0.25) is 0 Å². The number of H-pyrrole nitrogens is 1. The van der Waals surface area contributed by atoms with Crippen LogP contribution in [-0.4, -0.2) is 4.98 Å². The highest BCUT2D eigenvalue weighted by Gasteiger charge is 2.24. The van der Waals surface area contributed by atoms with Crippen molar-refractivity contribution in [3.63, 3.8) is 0 Å². The SMILES string of the molecule is c1cpc(C2CC2)[nH]1. The third-order valence-corrected chi connectivity index (χ3v) is 2.55. The van der Waals surface area contributed by atoms with Crippen LogP contribution >= 0.6 is 8.19 Å². The van der Waals surface area contributed by atoms with Crippen molar-refractivity contribution in [1.82, 2.24) is 4.98 Å². The lowest BCUT2D eigenvalue weighted by atomic mass is 10.5. The number of nitrogens with one attached hydrogen (secondary N) is 1. The average Bonchev–Trinajstić information content (AvgIpc) is 2.49. The van der Waals surface area contributed by atoms with Crippen LogP contribution in [0.4, 0.5) is 0 Å². The molecule has 42 valence electrons. The fourth-order valence-electron chi connectivity index (χ4n) is 0.858. The number of hydrogen-bond acceptors (Lipinski definition) is 0. The number of aromatic nitrogens is 1. The summed E-state index contributed by atoms with van der Waals surface area (Å²) in [5, 5.41) is 0. The second-order valence-corrected chi connectivity index (χ2v) is 3.29. The van der Waals surface area contributed by atoms with Crippen LogP contribution in [0.25, 0.3) is 0 Å². The highest BCUT2D eigenvalue weighted by atomic mass is 31.0. The maximum absolute atomic E-state index is 3.24. The minimum Gasteiger partial charge on any atom is -0.361 e. The van der Waals surface area contributed by atoms with E-state index in [1.165, 1.54) is 26.5 Å². The first-order valence-electron chi connectivity index (χ1n) is 2.96. The molecule has 0 aromatic carbocycles. The van der Waals surface area contributed by atoms with E-state index in [1.54, 1.807) is 0 Å². The highest BCUT2D eigenvalue weighted by molar-refractivity contribution is 7.30. The molecule has 1 aromatic heterocycles. The van der Waals surface area contributed by atoms with E-state index in [0.717, 1.165) is 5.92 Å². The monoisotopic (exact) mass is 125 g/mol. The molecule has 0 aliphatic heterocycles. The van der Waals surface area contributed by atoms with Gasteiger partial charge in [-0.25, -0.2) is 0 Å². The maximum atomic E-state index is 3.24. The van der Waals surface area contributed by atoms with E-state index in [4.69, 9.17) is 0 Å². The van der Waals surface area contributed by atoms with Crippen LogP contribution in [0.3, 0.4) is 0 Å². The van der Waals surface area contributed by atoms with Crippen molar-refractivity contribution < 1.29 is 0 Å². The van der Waals surface area contributed by atoms with Gasteiger partial charge < -0.3 is 4.98 Å². The minimum atomic E-state index is 0.923. The minimum absolute atomic E-state index is 0.923. The second kappa shape index (κ2) is 1.60. The van der Waals surface area contributed by atoms with Gasteiger partial charge in [0.1, 0.15) is 0 Å². The largest absolute Gasteiger partial charge is 0.361 e. The van der Waals surface area contributed by atoms with Crippen LogP contribution in [-0.2, 0) is 0 Å². The third kappa shape index (κ3) is 0.674. The van der Waals surface area contributed by atoms with Crippen LogP contribution in [0.1, 0.15) is 24.2 Å². The predicted octanol–water partition coefficient (Wildman–Crippen LogP) is 2.47. The van der Waals surface area contributed by atoms with Gasteiger partial charge in [-0.2, -0.15) is 0 Å². The molecule has 1 aromatic rings. The van der Waals surface area contributed by atoms with E-state index in [0.29, 0.717) is 0 Å². The van der Waals surface area contributed by atoms with Crippen LogP contribution in [0.2, 0.25) is 0 Å². The Labute approximate surface area is 50.2 Å². The van der Waals surface area contributed by atoms with Crippen molar-refractivity contribution in [2.45, 2.75) is 18.8 Å². The summed E-state index contributed by atoms with van der Waals surface area (Å²) in [5.74, 6) is 3.08. The summed E-state index contributed by atoms with van der Waals surface area (Å²) in [4.78, 5) is 3.24.